The Bertz CT molecular complexity index is 587. The van der Waals surface area contributed by atoms with Gasteiger partial charge < -0.3 is 20.3 Å². The molecule has 0 heterocycles. The summed E-state index contributed by atoms with van der Waals surface area (Å²) < 4.78 is 5.27. The first-order chi connectivity index (χ1) is 11.5. The Labute approximate surface area is 141 Å². The predicted molar refractivity (Wildman–Crippen MR) is 89.4 cm³/mol. The maximum atomic E-state index is 11.8. The molecule has 3 N–H and O–H groups in total. The van der Waals surface area contributed by atoms with Crippen LogP contribution in [0.2, 0.25) is 0 Å². The number of carboxylic acids is 1. The van der Waals surface area contributed by atoms with Crippen LogP contribution >= 0.6 is 0 Å². The third kappa shape index (κ3) is 5.38. The Morgan fingerprint density at radius 2 is 1.88 bits per heavy atom. The van der Waals surface area contributed by atoms with Crippen molar-refractivity contribution in [1.29, 1.82) is 0 Å². The van der Waals surface area contributed by atoms with Crippen LogP contribution in [0, 0.1) is 0 Å². The van der Waals surface area contributed by atoms with Crippen LogP contribution in [0.25, 0.3) is 6.08 Å². The summed E-state index contributed by atoms with van der Waals surface area (Å²) in [6.07, 6.45) is 3.02. The number of ether oxygens (including phenoxy) is 1. The number of carboxylic acid groups (broad SMARTS) is 1. The molecule has 1 fully saturated rings. The Kier molecular flexibility index (Phi) is 6.37. The van der Waals surface area contributed by atoms with Gasteiger partial charge in [0.25, 0.3) is 0 Å². The molecule has 0 saturated heterocycles. The van der Waals surface area contributed by atoms with Crippen molar-refractivity contribution in [3.8, 4) is 0 Å². The summed E-state index contributed by atoms with van der Waals surface area (Å²) in [7, 11) is 0. The van der Waals surface area contributed by atoms with Crippen molar-refractivity contribution >= 4 is 18.1 Å². The van der Waals surface area contributed by atoms with Crippen LogP contribution in [-0.4, -0.2) is 40.5 Å². The smallest absolute Gasteiger partial charge is 0.408 e. The highest BCUT2D eigenvalue weighted by atomic mass is 16.6. The summed E-state index contributed by atoms with van der Waals surface area (Å²) in [6, 6.07) is 8.69. The monoisotopic (exact) mass is 333 g/mol. The number of alkyl carbamates (subject to hydrolysis) is 1. The fourth-order valence-electron chi connectivity index (χ4n) is 2.71. The van der Waals surface area contributed by atoms with E-state index in [0.29, 0.717) is 12.8 Å². The highest BCUT2D eigenvalue weighted by Crippen LogP contribution is 2.27. The Hall–Kier alpha value is -2.34. The Morgan fingerprint density at radius 3 is 2.42 bits per heavy atom. The molecule has 130 valence electrons. The summed E-state index contributed by atoms with van der Waals surface area (Å²) >= 11 is 0. The Morgan fingerprint density at radius 1 is 1.25 bits per heavy atom. The van der Waals surface area contributed by atoms with E-state index < -0.39 is 24.2 Å². The van der Waals surface area contributed by atoms with Crippen LogP contribution in [0.5, 0.6) is 0 Å². The van der Waals surface area contributed by atoms with Gasteiger partial charge in [-0.1, -0.05) is 42.0 Å². The molecule has 1 aliphatic rings. The van der Waals surface area contributed by atoms with Crippen LogP contribution < -0.4 is 5.32 Å². The number of hydrogen-bond donors (Lipinski definition) is 3. The number of allylic oxidation sites excluding steroid dienone is 1. The second-order valence-electron chi connectivity index (χ2n) is 6.02. The second kappa shape index (κ2) is 8.49. The molecule has 0 aromatic heterocycles. The lowest BCUT2D eigenvalue weighted by Gasteiger charge is -2.25. The number of rotatable bonds is 5. The molecule has 0 bridgehead atoms. The molecule has 6 nitrogen and oxygen atoms in total. The minimum Gasteiger partial charge on any atom is -0.480 e. The summed E-state index contributed by atoms with van der Waals surface area (Å²) in [4.78, 5) is 22.7. The first-order valence-electron chi connectivity index (χ1n) is 8.08. The number of aliphatic carboxylic acids is 1. The zero-order valence-electron chi connectivity index (χ0n) is 13.6. The number of hydrogen-bond acceptors (Lipinski definition) is 4. The van der Waals surface area contributed by atoms with Gasteiger partial charge in [0.2, 0.25) is 0 Å². The molecule has 2 atom stereocenters. The average molecular weight is 333 g/mol. The van der Waals surface area contributed by atoms with Crippen molar-refractivity contribution < 1.29 is 24.5 Å². The molecule has 0 aliphatic heterocycles. The van der Waals surface area contributed by atoms with E-state index >= 15 is 0 Å². The van der Waals surface area contributed by atoms with E-state index in [4.69, 9.17) is 9.84 Å². The normalized spacial score (nSPS) is 19.9. The van der Waals surface area contributed by atoms with E-state index in [2.05, 4.69) is 11.4 Å². The molecular formula is C18H23NO5. The van der Waals surface area contributed by atoms with Gasteiger partial charge in [-0.25, -0.2) is 9.59 Å². The van der Waals surface area contributed by atoms with Gasteiger partial charge in [-0.2, -0.15) is 0 Å². The lowest BCUT2D eigenvalue weighted by atomic mass is 9.91. The maximum absolute atomic E-state index is 11.8. The largest absolute Gasteiger partial charge is 0.480 e. The van der Waals surface area contributed by atoms with Gasteiger partial charge in [-0.05, 0) is 38.2 Å². The van der Waals surface area contributed by atoms with Crippen LogP contribution in [0.15, 0.2) is 35.9 Å². The number of nitrogens with one attached hydrogen (secondary N) is 1. The molecule has 6 heteroatoms. The fourth-order valence-corrected chi connectivity index (χ4v) is 2.71. The topological polar surface area (TPSA) is 95.9 Å². The average Bonchev–Trinajstić information content (AvgIpc) is 2.55. The molecule has 24 heavy (non-hydrogen) atoms. The first-order valence-corrected chi connectivity index (χ1v) is 8.08. The molecule has 0 spiro atoms. The van der Waals surface area contributed by atoms with Crippen molar-refractivity contribution in [2.45, 2.75) is 50.9 Å². The van der Waals surface area contributed by atoms with Crippen molar-refractivity contribution in [3.05, 3.63) is 41.5 Å². The molecule has 0 radical (unpaired) electrons. The van der Waals surface area contributed by atoms with Crippen molar-refractivity contribution in [3.63, 3.8) is 0 Å². The summed E-state index contributed by atoms with van der Waals surface area (Å²) in [5.74, 6) is -1.29. The molecule has 1 saturated carbocycles. The molecule has 1 aliphatic carbocycles. The molecule has 1 amide bonds. The molecule has 1 aromatic rings. The number of aliphatic hydroxyl groups is 1. The van der Waals surface area contributed by atoms with E-state index in [9.17, 15) is 14.7 Å². The lowest BCUT2D eigenvalue weighted by molar-refractivity contribution is -0.142. The number of amides is 1. The molecule has 1 aromatic carbocycles. The van der Waals surface area contributed by atoms with Gasteiger partial charge in [0.05, 0.1) is 6.10 Å². The van der Waals surface area contributed by atoms with Gasteiger partial charge in [0.15, 0.2) is 6.04 Å². The summed E-state index contributed by atoms with van der Waals surface area (Å²) in [6.45, 7) is 1.31. The van der Waals surface area contributed by atoms with Gasteiger partial charge in [0, 0.05) is 0 Å². The summed E-state index contributed by atoms with van der Waals surface area (Å²) in [5.41, 5.74) is 2.47. The molecular weight excluding hydrogens is 310 g/mol. The standard InChI is InChI=1S/C18H23NO5/c1-12(20)16(17(21)22)19-18(23)24-15-9-7-14(8-10-15)11-13-5-3-2-4-6-13/h2-6,11-12,15-16,20H,7-10H2,1H3,(H,19,23)(H,21,22)/t12-,15?,16+/m0/s1. The van der Waals surface area contributed by atoms with Crippen LogP contribution in [0.3, 0.4) is 0 Å². The minimum atomic E-state index is -1.37. The van der Waals surface area contributed by atoms with Crippen LogP contribution in [0.1, 0.15) is 38.2 Å². The molecule has 2 rings (SSSR count). The second-order valence-corrected chi connectivity index (χ2v) is 6.02. The highest BCUT2D eigenvalue weighted by Gasteiger charge is 2.27. The SMILES string of the molecule is C[C@H](O)[C@@H](NC(=O)OC1CCC(=Cc2ccccc2)CC1)C(=O)O. The maximum Gasteiger partial charge on any atom is 0.408 e. The third-order valence-electron chi connectivity index (χ3n) is 4.04. The van der Waals surface area contributed by atoms with E-state index in [1.54, 1.807) is 0 Å². The lowest BCUT2D eigenvalue weighted by Crippen LogP contribution is -2.48. The van der Waals surface area contributed by atoms with Crippen molar-refractivity contribution in [2.24, 2.45) is 0 Å². The Balaban J connectivity index is 1.81. The highest BCUT2D eigenvalue weighted by molar-refractivity contribution is 5.80. The third-order valence-corrected chi connectivity index (χ3v) is 4.04. The van der Waals surface area contributed by atoms with E-state index in [1.165, 1.54) is 12.5 Å². The number of benzene rings is 1. The van der Waals surface area contributed by atoms with E-state index in [1.807, 2.05) is 30.3 Å². The summed E-state index contributed by atoms with van der Waals surface area (Å²) in [5, 5.41) is 20.5. The van der Waals surface area contributed by atoms with Crippen LogP contribution in [0.4, 0.5) is 4.79 Å². The predicted octanol–water partition coefficient (Wildman–Crippen LogP) is 2.57. The van der Waals surface area contributed by atoms with Gasteiger partial charge in [-0.3, -0.25) is 0 Å². The first kappa shape index (κ1) is 18.0. The zero-order chi connectivity index (χ0) is 17.5. The number of carbonyl (C=O) groups is 2. The van der Waals surface area contributed by atoms with Gasteiger partial charge >= 0.3 is 12.1 Å². The number of aliphatic hydroxyl groups excluding tert-OH is 1. The van der Waals surface area contributed by atoms with Crippen molar-refractivity contribution in [1.82, 2.24) is 5.32 Å². The van der Waals surface area contributed by atoms with Gasteiger partial charge in [0.1, 0.15) is 6.10 Å². The van der Waals surface area contributed by atoms with E-state index in [-0.39, 0.29) is 6.10 Å². The molecule has 0 unspecified atom stereocenters. The van der Waals surface area contributed by atoms with Crippen LogP contribution in [-0.2, 0) is 9.53 Å². The van der Waals surface area contributed by atoms with E-state index in [0.717, 1.165) is 18.4 Å². The zero-order valence-corrected chi connectivity index (χ0v) is 13.6. The number of carbonyl (C=O) groups excluding carboxylic acids is 1. The van der Waals surface area contributed by atoms with Crippen molar-refractivity contribution in [2.75, 3.05) is 0 Å². The minimum absolute atomic E-state index is 0.235. The quantitative estimate of drug-likeness (QED) is 0.769. The van der Waals surface area contributed by atoms with Gasteiger partial charge in [-0.15, -0.1) is 0 Å². The fraction of sp³-hybridized carbons (Fsp3) is 0.444.